The molecular formula is C15H26N2. The first kappa shape index (κ1) is 14.0. The molecule has 96 valence electrons. The molecule has 0 unspecified atom stereocenters. The predicted octanol–water partition coefficient (Wildman–Crippen LogP) is 3.44. The largest absolute Gasteiger partial charge is 0.379 e. The van der Waals surface area contributed by atoms with Crippen molar-refractivity contribution in [1.29, 1.82) is 0 Å². The van der Waals surface area contributed by atoms with Crippen LogP contribution in [0, 0.1) is 6.92 Å². The first-order valence-corrected chi connectivity index (χ1v) is 6.25. The van der Waals surface area contributed by atoms with E-state index in [-0.39, 0.29) is 11.0 Å². The van der Waals surface area contributed by atoms with Crippen molar-refractivity contribution in [2.75, 3.05) is 11.9 Å². The highest BCUT2D eigenvalue weighted by Crippen LogP contribution is 2.27. The molecule has 0 atom stereocenters. The van der Waals surface area contributed by atoms with Crippen LogP contribution in [0.4, 0.5) is 5.69 Å². The second-order valence-corrected chi connectivity index (χ2v) is 6.49. The smallest absolute Gasteiger partial charge is 0.0439 e. The highest BCUT2D eigenvalue weighted by atomic mass is 15.0. The second kappa shape index (κ2) is 4.69. The summed E-state index contributed by atoms with van der Waals surface area (Å²) in [6.45, 7) is 13.7. The van der Waals surface area contributed by atoms with Crippen molar-refractivity contribution < 1.29 is 0 Å². The number of nitrogens with two attached hydrogens (primary N) is 1. The zero-order valence-electron chi connectivity index (χ0n) is 12.0. The van der Waals surface area contributed by atoms with E-state index in [0.29, 0.717) is 6.54 Å². The molecule has 2 heteroatoms. The van der Waals surface area contributed by atoms with Gasteiger partial charge in [0.2, 0.25) is 0 Å². The molecule has 1 rings (SSSR count). The summed E-state index contributed by atoms with van der Waals surface area (Å²) in [6, 6.07) is 6.62. The number of hydrogen-bond donors (Lipinski definition) is 2. The van der Waals surface area contributed by atoms with Gasteiger partial charge in [-0.2, -0.15) is 0 Å². The highest BCUT2D eigenvalue weighted by Gasteiger charge is 2.18. The molecule has 0 amide bonds. The second-order valence-electron chi connectivity index (χ2n) is 6.49. The average molecular weight is 234 g/mol. The quantitative estimate of drug-likeness (QED) is 0.840. The molecule has 1 aromatic rings. The van der Waals surface area contributed by atoms with Gasteiger partial charge < -0.3 is 11.1 Å². The molecule has 2 nitrogen and oxygen atoms in total. The maximum atomic E-state index is 5.74. The van der Waals surface area contributed by atoms with E-state index in [2.05, 4.69) is 65.1 Å². The van der Waals surface area contributed by atoms with Crippen LogP contribution in [-0.2, 0) is 5.41 Å². The van der Waals surface area contributed by atoms with Crippen LogP contribution in [0.2, 0.25) is 0 Å². The van der Waals surface area contributed by atoms with E-state index in [4.69, 9.17) is 5.73 Å². The van der Waals surface area contributed by atoms with Gasteiger partial charge in [-0.25, -0.2) is 0 Å². The van der Waals surface area contributed by atoms with Crippen molar-refractivity contribution in [1.82, 2.24) is 0 Å². The number of anilines is 1. The number of aryl methyl sites for hydroxylation is 1. The van der Waals surface area contributed by atoms with Crippen molar-refractivity contribution in [3.8, 4) is 0 Å². The monoisotopic (exact) mass is 234 g/mol. The number of nitrogens with one attached hydrogen (secondary N) is 1. The van der Waals surface area contributed by atoms with E-state index in [9.17, 15) is 0 Å². The minimum absolute atomic E-state index is 0.0615. The van der Waals surface area contributed by atoms with Crippen LogP contribution in [0.3, 0.4) is 0 Å². The van der Waals surface area contributed by atoms with Crippen molar-refractivity contribution in [2.24, 2.45) is 5.73 Å². The molecule has 0 aliphatic carbocycles. The van der Waals surface area contributed by atoms with Crippen molar-refractivity contribution in [2.45, 2.75) is 52.5 Å². The van der Waals surface area contributed by atoms with E-state index in [0.717, 1.165) is 0 Å². The Hall–Kier alpha value is -1.02. The fourth-order valence-electron chi connectivity index (χ4n) is 1.69. The van der Waals surface area contributed by atoms with Crippen LogP contribution in [0.15, 0.2) is 18.2 Å². The lowest BCUT2D eigenvalue weighted by molar-refractivity contribution is 0.577. The Labute approximate surface area is 106 Å². The lowest BCUT2D eigenvalue weighted by Gasteiger charge is -2.28. The summed E-state index contributed by atoms with van der Waals surface area (Å²) in [6.07, 6.45) is 0. The molecule has 0 aromatic heterocycles. The van der Waals surface area contributed by atoms with Crippen molar-refractivity contribution in [3.05, 3.63) is 29.3 Å². The van der Waals surface area contributed by atoms with E-state index in [1.165, 1.54) is 16.8 Å². The Balaban J connectivity index is 2.99. The average Bonchev–Trinajstić information content (AvgIpc) is 2.19. The SMILES string of the molecule is Cc1cc(C(C)(C)C)ccc1NC(C)(C)CN. The molecular weight excluding hydrogens is 208 g/mol. The first-order valence-electron chi connectivity index (χ1n) is 6.25. The van der Waals surface area contributed by atoms with Gasteiger partial charge in [-0.1, -0.05) is 32.9 Å². The van der Waals surface area contributed by atoms with E-state index >= 15 is 0 Å². The number of benzene rings is 1. The van der Waals surface area contributed by atoms with Crippen LogP contribution >= 0.6 is 0 Å². The molecule has 0 aliphatic heterocycles. The van der Waals surface area contributed by atoms with Crippen LogP contribution in [0.25, 0.3) is 0 Å². The van der Waals surface area contributed by atoms with Gasteiger partial charge in [0.05, 0.1) is 0 Å². The minimum Gasteiger partial charge on any atom is -0.379 e. The van der Waals surface area contributed by atoms with Gasteiger partial charge in [0.1, 0.15) is 0 Å². The molecule has 0 saturated carbocycles. The van der Waals surface area contributed by atoms with Crippen molar-refractivity contribution >= 4 is 5.69 Å². The Morgan fingerprint density at radius 1 is 1.12 bits per heavy atom. The molecule has 0 aliphatic rings. The van der Waals surface area contributed by atoms with Crippen LogP contribution in [0.1, 0.15) is 45.7 Å². The van der Waals surface area contributed by atoms with Gasteiger partial charge in [0, 0.05) is 17.8 Å². The molecule has 1 aromatic carbocycles. The summed E-state index contributed by atoms with van der Waals surface area (Å²) in [5, 5.41) is 3.49. The lowest BCUT2D eigenvalue weighted by atomic mass is 9.86. The molecule has 0 radical (unpaired) electrons. The molecule has 3 N–H and O–H groups in total. The van der Waals surface area contributed by atoms with Gasteiger partial charge in [-0.05, 0) is 43.4 Å². The zero-order chi connectivity index (χ0) is 13.3. The summed E-state index contributed by atoms with van der Waals surface area (Å²) >= 11 is 0. The van der Waals surface area contributed by atoms with E-state index in [1.54, 1.807) is 0 Å². The standard InChI is InChI=1S/C15H26N2/c1-11-9-12(14(2,3)4)7-8-13(11)17-15(5,6)10-16/h7-9,17H,10,16H2,1-6H3. The molecule has 0 spiro atoms. The third-order valence-corrected chi connectivity index (χ3v) is 3.08. The summed E-state index contributed by atoms with van der Waals surface area (Å²) in [5.74, 6) is 0. The predicted molar refractivity (Wildman–Crippen MR) is 76.6 cm³/mol. The number of hydrogen-bond acceptors (Lipinski definition) is 2. The third-order valence-electron chi connectivity index (χ3n) is 3.08. The molecule has 0 heterocycles. The summed E-state index contributed by atoms with van der Waals surface area (Å²) in [7, 11) is 0. The van der Waals surface area contributed by atoms with Crippen LogP contribution in [0.5, 0.6) is 0 Å². The molecule has 17 heavy (non-hydrogen) atoms. The lowest BCUT2D eigenvalue weighted by Crippen LogP contribution is -2.39. The summed E-state index contributed by atoms with van der Waals surface area (Å²) in [4.78, 5) is 0. The Kier molecular flexibility index (Phi) is 3.88. The first-order chi connectivity index (χ1) is 7.65. The minimum atomic E-state index is -0.0615. The van der Waals surface area contributed by atoms with Gasteiger partial charge in [-0.3, -0.25) is 0 Å². The number of rotatable bonds is 3. The van der Waals surface area contributed by atoms with Crippen LogP contribution < -0.4 is 11.1 Å². The van der Waals surface area contributed by atoms with E-state index < -0.39 is 0 Å². The van der Waals surface area contributed by atoms with Gasteiger partial charge in [0.15, 0.2) is 0 Å². The van der Waals surface area contributed by atoms with Crippen LogP contribution in [-0.4, -0.2) is 12.1 Å². The zero-order valence-corrected chi connectivity index (χ0v) is 12.0. The van der Waals surface area contributed by atoms with E-state index in [1.807, 2.05) is 0 Å². The Morgan fingerprint density at radius 3 is 2.12 bits per heavy atom. The Morgan fingerprint density at radius 2 is 1.71 bits per heavy atom. The third kappa shape index (κ3) is 3.74. The topological polar surface area (TPSA) is 38.0 Å². The van der Waals surface area contributed by atoms with Gasteiger partial charge in [-0.15, -0.1) is 0 Å². The van der Waals surface area contributed by atoms with Gasteiger partial charge in [0.25, 0.3) is 0 Å². The molecule has 0 saturated heterocycles. The molecule has 0 fully saturated rings. The fraction of sp³-hybridized carbons (Fsp3) is 0.600. The summed E-state index contributed by atoms with van der Waals surface area (Å²) in [5.41, 5.74) is 9.70. The maximum absolute atomic E-state index is 5.74. The highest BCUT2D eigenvalue weighted by molar-refractivity contribution is 5.54. The van der Waals surface area contributed by atoms with Crippen molar-refractivity contribution in [3.63, 3.8) is 0 Å². The normalized spacial score (nSPS) is 12.6. The molecule has 0 bridgehead atoms. The Bertz CT molecular complexity index is 386. The summed E-state index contributed by atoms with van der Waals surface area (Å²) < 4.78 is 0. The maximum Gasteiger partial charge on any atom is 0.0439 e. The fourth-order valence-corrected chi connectivity index (χ4v) is 1.69. The van der Waals surface area contributed by atoms with Gasteiger partial charge >= 0.3 is 0 Å².